The van der Waals surface area contributed by atoms with Crippen LogP contribution >= 0.6 is 0 Å². The first-order valence-corrected chi connectivity index (χ1v) is 9.03. The van der Waals surface area contributed by atoms with Gasteiger partial charge < -0.3 is 19.5 Å². The van der Waals surface area contributed by atoms with Gasteiger partial charge in [0.2, 0.25) is 0 Å². The highest BCUT2D eigenvalue weighted by Crippen LogP contribution is 2.17. The molecule has 0 radical (unpaired) electrons. The maximum absolute atomic E-state index is 12.7. The highest BCUT2D eigenvalue weighted by molar-refractivity contribution is 5.98. The van der Waals surface area contributed by atoms with Gasteiger partial charge in [-0.3, -0.25) is 4.79 Å². The first kappa shape index (κ1) is 17.1. The summed E-state index contributed by atoms with van der Waals surface area (Å²) in [6, 6.07) is 17.2. The lowest BCUT2D eigenvalue weighted by Crippen LogP contribution is -2.50. The predicted molar refractivity (Wildman–Crippen MR) is 102 cm³/mol. The molecule has 3 aromatic rings. The Balaban J connectivity index is 1.31. The molecule has 1 N–H and O–H groups in total. The van der Waals surface area contributed by atoms with Crippen LogP contribution in [0.3, 0.4) is 0 Å². The molecule has 27 heavy (non-hydrogen) atoms. The highest BCUT2D eigenvalue weighted by atomic mass is 16.6. The first-order chi connectivity index (χ1) is 13.2. The average molecular weight is 363 g/mol. The van der Waals surface area contributed by atoms with Crippen LogP contribution in [0, 0.1) is 0 Å². The molecule has 1 saturated heterocycles. The van der Waals surface area contributed by atoms with Crippen LogP contribution in [0.15, 0.2) is 60.8 Å². The molecule has 1 aliphatic rings. The third kappa shape index (κ3) is 3.79. The van der Waals surface area contributed by atoms with Crippen LogP contribution in [-0.4, -0.2) is 53.0 Å². The Bertz CT molecular complexity index is 943. The van der Waals surface area contributed by atoms with Crippen molar-refractivity contribution in [2.75, 3.05) is 26.2 Å². The molecule has 0 atom stereocenters. The lowest BCUT2D eigenvalue weighted by atomic mass is 10.1. The summed E-state index contributed by atoms with van der Waals surface area (Å²) in [5, 5.41) is 1.02. The van der Waals surface area contributed by atoms with E-state index in [0.717, 1.165) is 16.5 Å². The van der Waals surface area contributed by atoms with Crippen LogP contribution < -0.4 is 0 Å². The van der Waals surface area contributed by atoms with Gasteiger partial charge in [0, 0.05) is 48.8 Å². The van der Waals surface area contributed by atoms with Gasteiger partial charge >= 0.3 is 6.09 Å². The van der Waals surface area contributed by atoms with Crippen LogP contribution in [-0.2, 0) is 11.3 Å². The molecule has 0 unspecified atom stereocenters. The van der Waals surface area contributed by atoms with E-state index in [2.05, 4.69) is 4.98 Å². The Hall–Kier alpha value is -3.28. The number of fused-ring (bicyclic) bond motifs is 1. The zero-order chi connectivity index (χ0) is 18.6. The standard InChI is InChI=1S/C21H21N3O3/c25-20(18-6-7-19-17(14-18)8-9-22-19)23-10-12-24(13-11-23)21(26)27-15-16-4-2-1-3-5-16/h1-9,14,22H,10-13,15H2. The van der Waals surface area contributed by atoms with Crippen molar-refractivity contribution in [1.29, 1.82) is 0 Å². The number of hydrogen-bond acceptors (Lipinski definition) is 3. The second kappa shape index (κ2) is 7.53. The topological polar surface area (TPSA) is 65.6 Å². The fourth-order valence-electron chi connectivity index (χ4n) is 3.27. The van der Waals surface area contributed by atoms with Gasteiger partial charge in [0.15, 0.2) is 0 Å². The second-order valence-electron chi connectivity index (χ2n) is 6.60. The Morgan fingerprint density at radius 3 is 2.44 bits per heavy atom. The summed E-state index contributed by atoms with van der Waals surface area (Å²) in [4.78, 5) is 31.5. The molecule has 0 spiro atoms. The summed E-state index contributed by atoms with van der Waals surface area (Å²) in [5.74, 6) is -0.00426. The van der Waals surface area contributed by atoms with E-state index in [1.54, 1.807) is 9.80 Å². The van der Waals surface area contributed by atoms with Crippen LogP contribution in [0.4, 0.5) is 4.79 Å². The molecular formula is C21H21N3O3. The minimum atomic E-state index is -0.334. The smallest absolute Gasteiger partial charge is 0.410 e. The van der Waals surface area contributed by atoms with Gasteiger partial charge in [0.1, 0.15) is 6.61 Å². The molecule has 0 bridgehead atoms. The molecule has 1 aliphatic heterocycles. The van der Waals surface area contributed by atoms with Crippen LogP contribution in [0.1, 0.15) is 15.9 Å². The van der Waals surface area contributed by atoms with E-state index in [1.165, 1.54) is 0 Å². The summed E-state index contributed by atoms with van der Waals surface area (Å²) in [7, 11) is 0. The lowest BCUT2D eigenvalue weighted by molar-refractivity contribution is 0.0544. The van der Waals surface area contributed by atoms with Gasteiger partial charge in [-0.05, 0) is 29.8 Å². The SMILES string of the molecule is O=C(OCc1ccccc1)N1CCN(C(=O)c2ccc3[nH]ccc3c2)CC1. The van der Waals surface area contributed by atoms with E-state index in [1.807, 2.05) is 60.8 Å². The van der Waals surface area contributed by atoms with E-state index in [-0.39, 0.29) is 18.6 Å². The largest absolute Gasteiger partial charge is 0.445 e. The number of nitrogens with zero attached hydrogens (tertiary/aromatic N) is 2. The number of rotatable bonds is 3. The Morgan fingerprint density at radius 1 is 0.926 bits per heavy atom. The van der Waals surface area contributed by atoms with Crippen LogP contribution in [0.2, 0.25) is 0 Å². The van der Waals surface area contributed by atoms with Crippen molar-refractivity contribution in [1.82, 2.24) is 14.8 Å². The number of amides is 2. The zero-order valence-corrected chi connectivity index (χ0v) is 14.9. The maximum atomic E-state index is 12.7. The summed E-state index contributed by atoms with van der Waals surface area (Å²) >= 11 is 0. The molecule has 2 heterocycles. The summed E-state index contributed by atoms with van der Waals surface area (Å²) in [6.07, 6.45) is 1.53. The molecule has 6 nitrogen and oxygen atoms in total. The molecule has 1 aromatic heterocycles. The van der Waals surface area contributed by atoms with Gasteiger partial charge in [-0.15, -0.1) is 0 Å². The van der Waals surface area contributed by atoms with Gasteiger partial charge in [0.25, 0.3) is 5.91 Å². The second-order valence-corrected chi connectivity index (χ2v) is 6.60. The minimum Gasteiger partial charge on any atom is -0.445 e. The molecule has 1 fully saturated rings. The number of nitrogens with one attached hydrogen (secondary N) is 1. The number of aromatic amines is 1. The van der Waals surface area contributed by atoms with Crippen molar-refractivity contribution < 1.29 is 14.3 Å². The number of carbonyl (C=O) groups is 2. The number of H-pyrrole nitrogens is 1. The average Bonchev–Trinajstić information content (AvgIpc) is 3.20. The van der Waals surface area contributed by atoms with E-state index in [4.69, 9.17) is 4.74 Å². The Labute approximate surface area is 157 Å². The number of hydrogen-bond donors (Lipinski definition) is 1. The van der Waals surface area contributed by atoms with E-state index in [0.29, 0.717) is 31.7 Å². The quantitative estimate of drug-likeness (QED) is 0.777. The van der Waals surface area contributed by atoms with Crippen molar-refractivity contribution >= 4 is 22.9 Å². The number of aromatic nitrogens is 1. The third-order valence-electron chi connectivity index (χ3n) is 4.83. The highest BCUT2D eigenvalue weighted by Gasteiger charge is 2.25. The Kier molecular flexibility index (Phi) is 4.78. The van der Waals surface area contributed by atoms with Crippen molar-refractivity contribution in [3.05, 3.63) is 71.9 Å². The molecule has 2 aromatic carbocycles. The van der Waals surface area contributed by atoms with Crippen molar-refractivity contribution in [3.8, 4) is 0 Å². The fourth-order valence-corrected chi connectivity index (χ4v) is 3.27. The molecule has 4 rings (SSSR count). The number of carbonyl (C=O) groups excluding carboxylic acids is 2. The molecule has 0 aliphatic carbocycles. The predicted octanol–water partition coefficient (Wildman–Crippen LogP) is 3.26. The van der Waals surface area contributed by atoms with Gasteiger partial charge in [0.05, 0.1) is 0 Å². The van der Waals surface area contributed by atoms with Crippen LogP contribution in [0.25, 0.3) is 10.9 Å². The van der Waals surface area contributed by atoms with Crippen molar-refractivity contribution in [2.24, 2.45) is 0 Å². The normalized spacial score (nSPS) is 14.4. The molecule has 6 heteroatoms. The van der Waals surface area contributed by atoms with Crippen molar-refractivity contribution in [2.45, 2.75) is 6.61 Å². The van der Waals surface area contributed by atoms with Gasteiger partial charge in [-0.2, -0.15) is 0 Å². The summed E-state index contributed by atoms with van der Waals surface area (Å²) in [6.45, 7) is 2.22. The molecule has 2 amide bonds. The van der Waals surface area contributed by atoms with E-state index >= 15 is 0 Å². The van der Waals surface area contributed by atoms with Crippen LogP contribution in [0.5, 0.6) is 0 Å². The number of benzene rings is 2. The summed E-state index contributed by atoms with van der Waals surface area (Å²) < 4.78 is 5.37. The first-order valence-electron chi connectivity index (χ1n) is 9.03. The Morgan fingerprint density at radius 2 is 1.67 bits per heavy atom. The maximum Gasteiger partial charge on any atom is 0.410 e. The van der Waals surface area contributed by atoms with E-state index < -0.39 is 0 Å². The molecule has 138 valence electrons. The number of ether oxygens (including phenoxy) is 1. The van der Waals surface area contributed by atoms with Crippen molar-refractivity contribution in [3.63, 3.8) is 0 Å². The molecular weight excluding hydrogens is 342 g/mol. The van der Waals surface area contributed by atoms with Gasteiger partial charge in [-0.1, -0.05) is 30.3 Å². The fraction of sp³-hybridized carbons (Fsp3) is 0.238. The lowest BCUT2D eigenvalue weighted by Gasteiger charge is -2.34. The zero-order valence-electron chi connectivity index (χ0n) is 14.9. The van der Waals surface area contributed by atoms with Gasteiger partial charge in [-0.25, -0.2) is 4.79 Å². The number of piperazine rings is 1. The third-order valence-corrected chi connectivity index (χ3v) is 4.83. The van der Waals surface area contributed by atoms with E-state index in [9.17, 15) is 9.59 Å². The monoisotopic (exact) mass is 363 g/mol. The molecule has 0 saturated carbocycles. The minimum absolute atomic E-state index is 0.00426. The summed E-state index contributed by atoms with van der Waals surface area (Å²) in [5.41, 5.74) is 2.64.